The van der Waals surface area contributed by atoms with Crippen molar-refractivity contribution in [1.29, 1.82) is 0 Å². The molecule has 0 saturated heterocycles. The molecule has 2 rings (SSSR count). The van der Waals surface area contributed by atoms with Crippen LogP contribution in [0.2, 0.25) is 0 Å². The molecule has 0 N–H and O–H groups in total. The normalized spacial score (nSPS) is 24.8. The van der Waals surface area contributed by atoms with E-state index in [0.717, 1.165) is 0 Å². The third kappa shape index (κ3) is 1.82. The van der Waals surface area contributed by atoms with Crippen LogP contribution in [0.4, 0.5) is 0 Å². The summed E-state index contributed by atoms with van der Waals surface area (Å²) in [5.41, 5.74) is 6.23. The van der Waals surface area contributed by atoms with Crippen molar-refractivity contribution in [1.82, 2.24) is 0 Å². The van der Waals surface area contributed by atoms with E-state index in [9.17, 15) is 0 Å². The number of aryl methyl sites for hydroxylation is 2. The largest absolute Gasteiger partial charge is 0.119 e. The number of thioether (sulfide) groups is 1. The fourth-order valence-corrected chi connectivity index (χ4v) is 5.14. The summed E-state index contributed by atoms with van der Waals surface area (Å²) in [6.45, 7) is 18.8. The van der Waals surface area contributed by atoms with Crippen molar-refractivity contribution in [2.24, 2.45) is 5.92 Å². The Morgan fingerprint density at radius 3 is 2.11 bits per heavy atom. The van der Waals surface area contributed by atoms with E-state index in [-0.39, 0.29) is 5.41 Å². The number of hydrogen-bond donors (Lipinski definition) is 0. The lowest BCUT2D eigenvalue weighted by Gasteiger charge is -2.49. The zero-order chi connectivity index (χ0) is 13.9. The molecule has 1 aliphatic rings. The minimum absolute atomic E-state index is 0.255. The lowest BCUT2D eigenvalue weighted by atomic mass is 9.67. The maximum absolute atomic E-state index is 2.42. The molecule has 0 aromatic heterocycles. The molecule has 1 heterocycles. The molecule has 1 aromatic carbocycles. The minimum atomic E-state index is 0.255. The van der Waals surface area contributed by atoms with E-state index in [1.807, 2.05) is 0 Å². The van der Waals surface area contributed by atoms with Gasteiger partial charge in [0.2, 0.25) is 0 Å². The highest BCUT2D eigenvalue weighted by Crippen LogP contribution is 2.56. The Hall–Kier alpha value is -0.430. The molecule has 1 heteroatoms. The summed E-state index contributed by atoms with van der Waals surface area (Å²) in [6.07, 6.45) is 0. The van der Waals surface area contributed by atoms with Crippen molar-refractivity contribution in [2.45, 2.75) is 70.4 Å². The van der Waals surface area contributed by atoms with Crippen LogP contribution in [0, 0.1) is 26.7 Å². The highest BCUT2D eigenvalue weighted by Gasteiger charge is 2.46. The van der Waals surface area contributed by atoms with Crippen molar-refractivity contribution < 1.29 is 0 Å². The molecule has 0 saturated carbocycles. The molecule has 0 spiro atoms. The molecule has 1 unspecified atom stereocenters. The van der Waals surface area contributed by atoms with Crippen LogP contribution >= 0.6 is 11.8 Å². The minimum Gasteiger partial charge on any atom is -0.119 e. The lowest BCUT2D eigenvalue weighted by Crippen LogP contribution is -2.44. The fourth-order valence-electron chi connectivity index (χ4n) is 3.41. The van der Waals surface area contributed by atoms with Gasteiger partial charge in [-0.1, -0.05) is 40.7 Å². The van der Waals surface area contributed by atoms with Gasteiger partial charge in [-0.25, -0.2) is 0 Å². The van der Waals surface area contributed by atoms with Crippen LogP contribution in [0.15, 0.2) is 11.0 Å². The van der Waals surface area contributed by atoms with Gasteiger partial charge >= 0.3 is 0 Å². The van der Waals surface area contributed by atoms with Crippen LogP contribution in [-0.2, 0) is 5.41 Å². The fraction of sp³-hybridized carbons (Fsp3) is 0.647. The Morgan fingerprint density at radius 1 is 1.00 bits per heavy atom. The van der Waals surface area contributed by atoms with Gasteiger partial charge in [0.1, 0.15) is 0 Å². The second-order valence-corrected chi connectivity index (χ2v) is 8.65. The molecule has 1 atom stereocenters. The molecule has 0 aliphatic carbocycles. The molecule has 1 aliphatic heterocycles. The third-order valence-electron chi connectivity index (χ3n) is 5.12. The van der Waals surface area contributed by atoms with Gasteiger partial charge in [-0.2, -0.15) is 0 Å². The van der Waals surface area contributed by atoms with E-state index in [1.165, 1.54) is 21.6 Å². The maximum Gasteiger partial charge on any atom is 0.0184 e. The Morgan fingerprint density at radius 2 is 1.56 bits per heavy atom. The van der Waals surface area contributed by atoms with Gasteiger partial charge in [0, 0.05) is 9.64 Å². The van der Waals surface area contributed by atoms with Gasteiger partial charge in [-0.05, 0) is 54.4 Å². The predicted molar refractivity (Wildman–Crippen MR) is 82.8 cm³/mol. The summed E-state index contributed by atoms with van der Waals surface area (Å²) in [6, 6.07) is 2.35. The van der Waals surface area contributed by atoms with E-state index < -0.39 is 0 Å². The first-order valence-electron chi connectivity index (χ1n) is 6.89. The molecule has 1 aromatic rings. The second kappa shape index (κ2) is 4.03. The number of rotatable bonds is 0. The van der Waals surface area contributed by atoms with Gasteiger partial charge < -0.3 is 0 Å². The Labute approximate surface area is 117 Å². The van der Waals surface area contributed by atoms with Crippen molar-refractivity contribution >= 4 is 11.8 Å². The first-order chi connectivity index (χ1) is 8.09. The number of benzene rings is 1. The third-order valence-corrected chi connectivity index (χ3v) is 6.73. The summed E-state index contributed by atoms with van der Waals surface area (Å²) < 4.78 is 0.308. The van der Waals surface area contributed by atoms with Gasteiger partial charge in [-0.3, -0.25) is 0 Å². The maximum atomic E-state index is 2.42. The Balaban J connectivity index is 2.79. The number of hydrogen-bond acceptors (Lipinski definition) is 1. The van der Waals surface area contributed by atoms with E-state index in [2.05, 4.69) is 73.2 Å². The summed E-state index contributed by atoms with van der Waals surface area (Å²) in [5, 5.41) is 0. The standard InChI is InChI=1S/C17H26S/c1-10-9-11(2)15-14(12(10)3)16(5,6)13(4)17(7,8)18-15/h9,13H,1-8H3. The monoisotopic (exact) mass is 262 g/mol. The van der Waals surface area contributed by atoms with Crippen LogP contribution in [0.5, 0.6) is 0 Å². The Bertz CT molecular complexity index is 495. The van der Waals surface area contributed by atoms with Gasteiger partial charge in [0.05, 0.1) is 0 Å². The van der Waals surface area contributed by atoms with Crippen molar-refractivity contribution in [2.75, 3.05) is 0 Å². The summed E-state index contributed by atoms with van der Waals surface area (Å²) in [7, 11) is 0. The molecule has 0 radical (unpaired) electrons. The first kappa shape index (κ1) is 14.0. The quantitative estimate of drug-likeness (QED) is 0.602. The highest BCUT2D eigenvalue weighted by molar-refractivity contribution is 8.00. The molecule has 18 heavy (non-hydrogen) atoms. The Kier molecular flexibility index (Phi) is 3.13. The van der Waals surface area contributed by atoms with E-state index in [4.69, 9.17) is 0 Å². The van der Waals surface area contributed by atoms with E-state index in [1.54, 1.807) is 5.56 Å². The number of fused-ring (bicyclic) bond motifs is 1. The summed E-state index contributed by atoms with van der Waals surface area (Å²) >= 11 is 2.07. The predicted octanol–water partition coefficient (Wildman–Crippen LogP) is 5.41. The molecular formula is C17H26S. The topological polar surface area (TPSA) is 0 Å². The SMILES string of the molecule is Cc1cc(C)c2c(c1C)C(C)(C)C(C)C(C)(C)S2. The van der Waals surface area contributed by atoms with Crippen LogP contribution in [0.3, 0.4) is 0 Å². The van der Waals surface area contributed by atoms with Crippen molar-refractivity contribution in [3.05, 3.63) is 28.3 Å². The second-order valence-electron chi connectivity index (χ2n) is 6.99. The molecule has 0 amide bonds. The van der Waals surface area contributed by atoms with Crippen molar-refractivity contribution in [3.8, 4) is 0 Å². The summed E-state index contributed by atoms with van der Waals surface area (Å²) in [5.74, 6) is 0.669. The van der Waals surface area contributed by atoms with Crippen LogP contribution in [0.25, 0.3) is 0 Å². The van der Waals surface area contributed by atoms with Crippen LogP contribution in [-0.4, -0.2) is 4.75 Å². The lowest BCUT2D eigenvalue weighted by molar-refractivity contribution is 0.274. The summed E-state index contributed by atoms with van der Waals surface area (Å²) in [4.78, 5) is 1.53. The molecule has 0 nitrogen and oxygen atoms in total. The smallest absolute Gasteiger partial charge is 0.0184 e. The molecule has 0 fully saturated rings. The van der Waals surface area contributed by atoms with Gasteiger partial charge in [-0.15, -0.1) is 11.8 Å². The van der Waals surface area contributed by atoms with Crippen LogP contribution in [0.1, 0.15) is 56.9 Å². The zero-order valence-corrected chi connectivity index (χ0v) is 13.9. The van der Waals surface area contributed by atoms with E-state index in [0.29, 0.717) is 10.7 Å². The highest BCUT2D eigenvalue weighted by atomic mass is 32.2. The van der Waals surface area contributed by atoms with Crippen molar-refractivity contribution in [3.63, 3.8) is 0 Å². The first-order valence-corrected chi connectivity index (χ1v) is 7.71. The van der Waals surface area contributed by atoms with E-state index >= 15 is 0 Å². The average molecular weight is 262 g/mol. The molecule has 100 valence electrons. The zero-order valence-electron chi connectivity index (χ0n) is 13.1. The van der Waals surface area contributed by atoms with Gasteiger partial charge in [0.15, 0.2) is 0 Å². The molecular weight excluding hydrogens is 236 g/mol. The molecule has 0 bridgehead atoms. The van der Waals surface area contributed by atoms with Crippen LogP contribution < -0.4 is 0 Å². The van der Waals surface area contributed by atoms with Gasteiger partial charge in [0.25, 0.3) is 0 Å². The average Bonchev–Trinajstić information content (AvgIpc) is 2.22.